The highest BCUT2D eigenvalue weighted by molar-refractivity contribution is 5.02. The molecule has 0 atom stereocenters. The van der Waals surface area contributed by atoms with Crippen LogP contribution in [0.2, 0.25) is 0 Å². The molecule has 0 spiro atoms. The van der Waals surface area contributed by atoms with Crippen molar-refractivity contribution in [3.05, 3.63) is 0 Å². The van der Waals surface area contributed by atoms with Gasteiger partial charge >= 0.3 is 0 Å². The average molecular weight is 162 g/mol. The highest BCUT2D eigenvalue weighted by atomic mass is 14.9. The van der Waals surface area contributed by atoms with Crippen molar-refractivity contribution in [2.75, 3.05) is 13.1 Å². The van der Waals surface area contributed by atoms with Crippen LogP contribution in [0.25, 0.3) is 0 Å². The lowest BCUT2D eigenvalue weighted by atomic mass is 10.0. The quantitative estimate of drug-likeness (QED) is 0.499. The van der Waals surface area contributed by atoms with Crippen LogP contribution in [0.3, 0.4) is 0 Å². The van der Waals surface area contributed by atoms with Crippen molar-refractivity contribution < 1.29 is 0 Å². The molecule has 1 saturated carbocycles. The topological polar surface area (TPSA) is 35.8 Å². The molecule has 1 aliphatic carbocycles. The van der Waals surface area contributed by atoms with Crippen molar-refractivity contribution >= 4 is 0 Å². The molecule has 1 rings (SSSR count). The predicted octanol–water partition coefficient (Wildman–Crippen LogP) is 1.29. The zero-order chi connectivity index (χ0) is 8.86. The Morgan fingerprint density at radius 1 is 1.50 bits per heavy atom. The van der Waals surface area contributed by atoms with E-state index in [1.165, 1.54) is 12.8 Å². The van der Waals surface area contributed by atoms with E-state index in [0.717, 1.165) is 13.1 Å². The van der Waals surface area contributed by atoms with E-state index in [9.17, 15) is 0 Å². The molecule has 0 aliphatic heterocycles. The summed E-state index contributed by atoms with van der Waals surface area (Å²) in [4.78, 5) is 0. The molecular formula is C10H14N2. The molecule has 0 bridgehead atoms. The Balaban J connectivity index is 2.13. The van der Waals surface area contributed by atoms with Gasteiger partial charge in [-0.2, -0.15) is 5.26 Å². The lowest BCUT2D eigenvalue weighted by Gasteiger charge is -2.09. The van der Waals surface area contributed by atoms with E-state index < -0.39 is 0 Å². The van der Waals surface area contributed by atoms with Gasteiger partial charge in [0, 0.05) is 13.0 Å². The summed E-state index contributed by atoms with van der Waals surface area (Å²) < 4.78 is 0. The molecule has 0 unspecified atom stereocenters. The molecule has 0 heterocycles. The predicted molar refractivity (Wildman–Crippen MR) is 48.2 cm³/mol. The first-order chi connectivity index (χ1) is 5.83. The van der Waals surface area contributed by atoms with Crippen LogP contribution in [-0.2, 0) is 0 Å². The number of nitriles is 1. The number of nitrogens with zero attached hydrogens (tertiary/aromatic N) is 1. The summed E-state index contributed by atoms with van der Waals surface area (Å²) in [7, 11) is 0. The van der Waals surface area contributed by atoms with Gasteiger partial charge in [-0.1, -0.05) is 5.92 Å². The Morgan fingerprint density at radius 3 is 2.75 bits per heavy atom. The van der Waals surface area contributed by atoms with E-state index in [-0.39, 0.29) is 0 Å². The largest absolute Gasteiger partial charge is 0.306 e. The van der Waals surface area contributed by atoms with Crippen LogP contribution in [0.5, 0.6) is 0 Å². The Labute approximate surface area is 74.0 Å². The van der Waals surface area contributed by atoms with Gasteiger partial charge in [-0.05, 0) is 25.2 Å². The highest BCUT2D eigenvalue weighted by Gasteiger charge is 2.41. The third kappa shape index (κ3) is 2.57. The van der Waals surface area contributed by atoms with E-state index in [1.54, 1.807) is 0 Å². The van der Waals surface area contributed by atoms with E-state index in [0.29, 0.717) is 11.8 Å². The molecule has 1 fully saturated rings. The second-order valence-corrected chi connectivity index (χ2v) is 3.37. The fourth-order valence-corrected chi connectivity index (χ4v) is 1.24. The molecule has 0 aromatic rings. The Hall–Kier alpha value is -0.990. The smallest absolute Gasteiger partial charge is 0.0628 e. The van der Waals surface area contributed by atoms with Crippen LogP contribution >= 0.6 is 0 Å². The summed E-state index contributed by atoms with van der Waals surface area (Å²) in [5, 5.41) is 11.8. The van der Waals surface area contributed by atoms with Crippen molar-refractivity contribution in [2.45, 2.75) is 26.2 Å². The SMILES string of the molecule is CC#CCNCC1(CC#N)CC1. The zero-order valence-electron chi connectivity index (χ0n) is 7.48. The zero-order valence-corrected chi connectivity index (χ0v) is 7.48. The van der Waals surface area contributed by atoms with Crippen LogP contribution in [-0.4, -0.2) is 13.1 Å². The molecule has 0 amide bonds. The molecule has 64 valence electrons. The lowest BCUT2D eigenvalue weighted by Crippen LogP contribution is -2.23. The first-order valence-electron chi connectivity index (χ1n) is 4.30. The maximum atomic E-state index is 8.54. The first kappa shape index (κ1) is 9.10. The number of hydrogen-bond donors (Lipinski definition) is 1. The monoisotopic (exact) mass is 162 g/mol. The molecule has 2 nitrogen and oxygen atoms in total. The van der Waals surface area contributed by atoms with Gasteiger partial charge in [-0.25, -0.2) is 0 Å². The van der Waals surface area contributed by atoms with Gasteiger partial charge in [-0.3, -0.25) is 0 Å². The maximum absolute atomic E-state index is 8.54. The summed E-state index contributed by atoms with van der Waals surface area (Å²) in [5.74, 6) is 5.78. The number of hydrogen-bond acceptors (Lipinski definition) is 2. The minimum Gasteiger partial charge on any atom is -0.306 e. The van der Waals surface area contributed by atoms with Gasteiger partial charge in [0.15, 0.2) is 0 Å². The molecular weight excluding hydrogens is 148 g/mol. The second kappa shape index (κ2) is 4.14. The van der Waals surface area contributed by atoms with Crippen LogP contribution in [0, 0.1) is 28.6 Å². The number of rotatable bonds is 4. The summed E-state index contributed by atoms with van der Waals surface area (Å²) >= 11 is 0. The Kier molecular flexibility index (Phi) is 3.14. The molecule has 0 aromatic heterocycles. The fraction of sp³-hybridized carbons (Fsp3) is 0.700. The van der Waals surface area contributed by atoms with Crippen LogP contribution in [0.4, 0.5) is 0 Å². The molecule has 12 heavy (non-hydrogen) atoms. The van der Waals surface area contributed by atoms with Crippen molar-refractivity contribution in [1.82, 2.24) is 5.32 Å². The van der Waals surface area contributed by atoms with Gasteiger partial charge in [0.1, 0.15) is 0 Å². The van der Waals surface area contributed by atoms with Gasteiger partial charge in [0.25, 0.3) is 0 Å². The maximum Gasteiger partial charge on any atom is 0.0628 e. The van der Waals surface area contributed by atoms with Crippen LogP contribution < -0.4 is 5.32 Å². The normalized spacial score (nSPS) is 17.3. The van der Waals surface area contributed by atoms with Gasteiger partial charge in [0.2, 0.25) is 0 Å². The minimum absolute atomic E-state index is 0.310. The van der Waals surface area contributed by atoms with Crippen molar-refractivity contribution in [2.24, 2.45) is 5.41 Å². The van der Waals surface area contributed by atoms with Crippen LogP contribution in [0.15, 0.2) is 0 Å². The fourth-order valence-electron chi connectivity index (χ4n) is 1.24. The average Bonchev–Trinajstić information content (AvgIpc) is 2.81. The van der Waals surface area contributed by atoms with Gasteiger partial charge in [-0.15, -0.1) is 5.92 Å². The van der Waals surface area contributed by atoms with Crippen molar-refractivity contribution in [3.8, 4) is 17.9 Å². The lowest BCUT2D eigenvalue weighted by molar-refractivity contribution is 0.483. The summed E-state index contributed by atoms with van der Waals surface area (Å²) in [6.45, 7) is 3.54. The van der Waals surface area contributed by atoms with Crippen molar-refractivity contribution in [3.63, 3.8) is 0 Å². The first-order valence-corrected chi connectivity index (χ1v) is 4.30. The molecule has 1 aliphatic rings. The van der Waals surface area contributed by atoms with E-state index in [4.69, 9.17) is 5.26 Å². The summed E-state index contributed by atoms with van der Waals surface area (Å²) in [6, 6.07) is 2.24. The van der Waals surface area contributed by atoms with Gasteiger partial charge < -0.3 is 5.32 Å². The van der Waals surface area contributed by atoms with E-state index in [1.807, 2.05) is 6.92 Å². The van der Waals surface area contributed by atoms with E-state index >= 15 is 0 Å². The molecule has 0 saturated heterocycles. The summed E-state index contributed by atoms with van der Waals surface area (Å²) in [5.41, 5.74) is 0.310. The number of nitrogens with one attached hydrogen (secondary N) is 1. The van der Waals surface area contributed by atoms with Crippen LogP contribution in [0.1, 0.15) is 26.2 Å². The summed E-state index contributed by atoms with van der Waals surface area (Å²) in [6.07, 6.45) is 3.10. The Morgan fingerprint density at radius 2 is 2.25 bits per heavy atom. The van der Waals surface area contributed by atoms with Gasteiger partial charge in [0.05, 0.1) is 12.6 Å². The van der Waals surface area contributed by atoms with E-state index in [2.05, 4.69) is 23.2 Å². The molecule has 0 radical (unpaired) electrons. The molecule has 0 aromatic carbocycles. The third-order valence-electron chi connectivity index (χ3n) is 2.30. The minimum atomic E-state index is 0.310. The third-order valence-corrected chi connectivity index (χ3v) is 2.30. The molecule has 2 heteroatoms. The van der Waals surface area contributed by atoms with Crippen molar-refractivity contribution in [1.29, 1.82) is 5.26 Å². The Bertz CT molecular complexity index is 235. The second-order valence-electron chi connectivity index (χ2n) is 3.37. The highest BCUT2D eigenvalue weighted by Crippen LogP contribution is 2.47. The standard InChI is InChI=1S/C10H14N2/c1-2-3-8-12-9-10(4-5-10)6-7-11/h12H,4-6,8-9H2,1H3. The molecule has 1 N–H and O–H groups in total.